The first kappa shape index (κ1) is 24.5. The van der Waals surface area contributed by atoms with Gasteiger partial charge in [-0.1, -0.05) is 30.3 Å². The van der Waals surface area contributed by atoms with Crippen molar-refractivity contribution in [2.75, 3.05) is 56.7 Å². The molecular formula is C25H34N4O4. The molecule has 1 aliphatic heterocycles. The molecule has 0 aliphatic carbocycles. The van der Waals surface area contributed by atoms with E-state index in [1.165, 1.54) is 4.90 Å². The predicted molar refractivity (Wildman–Crippen MR) is 130 cm³/mol. The van der Waals surface area contributed by atoms with E-state index in [0.717, 1.165) is 38.4 Å². The van der Waals surface area contributed by atoms with Crippen LogP contribution in [0.5, 0.6) is 0 Å². The van der Waals surface area contributed by atoms with Crippen molar-refractivity contribution < 1.29 is 19.1 Å². The molecule has 1 heterocycles. The molecule has 2 aromatic rings. The number of benzene rings is 2. The average molecular weight is 455 g/mol. The fraction of sp³-hybridized carbons (Fsp3) is 0.440. The molecular weight excluding hydrogens is 420 g/mol. The fourth-order valence-electron chi connectivity index (χ4n) is 3.75. The Labute approximate surface area is 196 Å². The third-order valence-corrected chi connectivity index (χ3v) is 5.66. The molecule has 1 unspecified atom stereocenters. The summed E-state index contributed by atoms with van der Waals surface area (Å²) in [6, 6.07) is 17.0. The number of nitrogens with one attached hydrogen (secondary N) is 1. The summed E-state index contributed by atoms with van der Waals surface area (Å²) in [5.41, 5.74) is 2.43. The number of rotatable bonds is 8. The van der Waals surface area contributed by atoms with Crippen molar-refractivity contribution in [2.45, 2.75) is 26.4 Å². The first-order chi connectivity index (χ1) is 16.0. The van der Waals surface area contributed by atoms with Gasteiger partial charge in [0, 0.05) is 50.6 Å². The second kappa shape index (κ2) is 12.2. The number of nitrogens with zero attached hydrogens (tertiary/aromatic N) is 3. The summed E-state index contributed by atoms with van der Waals surface area (Å²) < 4.78 is 10.5. The zero-order valence-corrected chi connectivity index (χ0v) is 19.7. The minimum absolute atomic E-state index is 0.0116. The lowest BCUT2D eigenvalue weighted by Gasteiger charge is -2.35. The maximum atomic E-state index is 13.3. The van der Waals surface area contributed by atoms with Gasteiger partial charge in [-0.15, -0.1) is 0 Å². The van der Waals surface area contributed by atoms with Gasteiger partial charge >= 0.3 is 12.1 Å². The molecule has 3 rings (SSSR count). The van der Waals surface area contributed by atoms with E-state index in [1.807, 2.05) is 35.2 Å². The van der Waals surface area contributed by atoms with Gasteiger partial charge in [-0.2, -0.15) is 0 Å². The van der Waals surface area contributed by atoms with E-state index in [1.54, 1.807) is 38.2 Å². The van der Waals surface area contributed by atoms with E-state index in [0.29, 0.717) is 24.5 Å². The fourth-order valence-corrected chi connectivity index (χ4v) is 3.75. The molecule has 0 radical (unpaired) electrons. The predicted octanol–water partition coefficient (Wildman–Crippen LogP) is 4.03. The summed E-state index contributed by atoms with van der Waals surface area (Å²) in [4.78, 5) is 30.9. The number of amides is 3. The van der Waals surface area contributed by atoms with Crippen molar-refractivity contribution >= 4 is 23.5 Å². The van der Waals surface area contributed by atoms with Gasteiger partial charge in [0.15, 0.2) is 0 Å². The number of ether oxygens (including phenoxy) is 2. The number of hydrogen-bond donors (Lipinski definition) is 1. The van der Waals surface area contributed by atoms with Gasteiger partial charge < -0.3 is 19.7 Å². The van der Waals surface area contributed by atoms with Gasteiger partial charge in [0.25, 0.3) is 0 Å². The van der Waals surface area contributed by atoms with Gasteiger partial charge in [0.1, 0.15) is 0 Å². The van der Waals surface area contributed by atoms with Crippen molar-refractivity contribution in [1.29, 1.82) is 0 Å². The van der Waals surface area contributed by atoms with Crippen LogP contribution in [0.2, 0.25) is 0 Å². The monoisotopic (exact) mass is 454 g/mol. The highest BCUT2D eigenvalue weighted by molar-refractivity contribution is 5.91. The highest BCUT2D eigenvalue weighted by atomic mass is 16.6. The summed E-state index contributed by atoms with van der Waals surface area (Å²) in [5, 5.41) is 3.01. The largest absolute Gasteiger partial charge is 0.449 e. The van der Waals surface area contributed by atoms with Crippen LogP contribution in [0.3, 0.4) is 0 Å². The molecule has 1 saturated heterocycles. The Bertz CT molecular complexity index is 885. The molecule has 1 atom stereocenters. The lowest BCUT2D eigenvalue weighted by molar-refractivity contribution is 0.0277. The van der Waals surface area contributed by atoms with Crippen LogP contribution in [-0.2, 0) is 16.0 Å². The maximum Gasteiger partial charge on any atom is 0.413 e. The Balaban J connectivity index is 1.68. The molecule has 1 N–H and O–H groups in total. The van der Waals surface area contributed by atoms with Crippen LogP contribution >= 0.6 is 0 Å². The summed E-state index contributed by atoms with van der Waals surface area (Å²) in [6.45, 7) is 8.67. The Morgan fingerprint density at radius 2 is 1.76 bits per heavy atom. The van der Waals surface area contributed by atoms with Crippen LogP contribution in [0.4, 0.5) is 21.0 Å². The second-order valence-electron chi connectivity index (χ2n) is 8.11. The molecule has 1 fully saturated rings. The Morgan fingerprint density at radius 3 is 2.39 bits per heavy atom. The van der Waals surface area contributed by atoms with Crippen LogP contribution in [0, 0.1) is 0 Å². The highest BCUT2D eigenvalue weighted by Gasteiger charge is 2.24. The number of anilines is 2. The topological polar surface area (TPSA) is 74.4 Å². The molecule has 8 nitrogen and oxygen atoms in total. The first-order valence-corrected chi connectivity index (χ1v) is 11.4. The number of carbonyl (C=O) groups excluding carboxylic acids is 2. The maximum absolute atomic E-state index is 13.3. The third kappa shape index (κ3) is 7.20. The van der Waals surface area contributed by atoms with Crippen LogP contribution in [0.25, 0.3) is 0 Å². The van der Waals surface area contributed by atoms with Crippen molar-refractivity contribution in [3.63, 3.8) is 0 Å². The first-order valence-electron chi connectivity index (χ1n) is 11.4. The van der Waals surface area contributed by atoms with Crippen LogP contribution in [0.1, 0.15) is 19.4 Å². The molecule has 0 aromatic heterocycles. The third-order valence-electron chi connectivity index (χ3n) is 5.66. The minimum Gasteiger partial charge on any atom is -0.449 e. The molecule has 2 aromatic carbocycles. The van der Waals surface area contributed by atoms with Gasteiger partial charge in [0.05, 0.1) is 19.8 Å². The Hall–Kier alpha value is -3.10. The highest BCUT2D eigenvalue weighted by Crippen LogP contribution is 2.19. The molecule has 8 heteroatoms. The SMILES string of the molecule is CCOC(=O)N(C)c1ccc(NC(=O)N(Cc2ccccc2)C(C)CN2CCOCC2)cc1. The van der Waals surface area contributed by atoms with Crippen molar-refractivity contribution in [1.82, 2.24) is 9.80 Å². The molecule has 33 heavy (non-hydrogen) atoms. The molecule has 0 saturated carbocycles. The van der Waals surface area contributed by atoms with E-state index in [9.17, 15) is 9.59 Å². The summed E-state index contributed by atoms with van der Waals surface area (Å²) in [7, 11) is 1.65. The summed E-state index contributed by atoms with van der Waals surface area (Å²) in [5.74, 6) is 0. The van der Waals surface area contributed by atoms with Gasteiger partial charge in [-0.3, -0.25) is 9.80 Å². The van der Waals surface area contributed by atoms with Crippen LogP contribution < -0.4 is 10.2 Å². The molecule has 178 valence electrons. The number of morpholine rings is 1. The number of carbonyl (C=O) groups is 2. The van der Waals surface area contributed by atoms with Crippen LogP contribution in [0.15, 0.2) is 54.6 Å². The molecule has 3 amide bonds. The van der Waals surface area contributed by atoms with E-state index < -0.39 is 6.09 Å². The van der Waals surface area contributed by atoms with Crippen molar-refractivity contribution in [3.05, 3.63) is 60.2 Å². The number of urea groups is 1. The standard InChI is InChI=1S/C25H34N4O4/c1-4-33-25(31)27(3)23-12-10-22(11-13-23)26-24(30)29(19-21-8-6-5-7-9-21)20(2)18-28-14-16-32-17-15-28/h5-13,20H,4,14-19H2,1-3H3,(H,26,30). The van der Waals surface area contributed by atoms with Gasteiger partial charge in [0.2, 0.25) is 0 Å². The summed E-state index contributed by atoms with van der Waals surface area (Å²) >= 11 is 0. The quantitative estimate of drug-likeness (QED) is 0.652. The lowest BCUT2D eigenvalue weighted by Crippen LogP contribution is -2.49. The van der Waals surface area contributed by atoms with Gasteiger partial charge in [-0.25, -0.2) is 9.59 Å². The van der Waals surface area contributed by atoms with Crippen molar-refractivity contribution in [2.24, 2.45) is 0 Å². The van der Waals surface area contributed by atoms with E-state index in [4.69, 9.17) is 9.47 Å². The normalized spacial score (nSPS) is 14.9. The molecule has 0 spiro atoms. The smallest absolute Gasteiger partial charge is 0.413 e. The average Bonchev–Trinajstić information content (AvgIpc) is 2.84. The number of hydrogen-bond acceptors (Lipinski definition) is 5. The summed E-state index contributed by atoms with van der Waals surface area (Å²) in [6.07, 6.45) is -0.416. The van der Waals surface area contributed by atoms with Gasteiger partial charge in [-0.05, 0) is 43.7 Å². The molecule has 1 aliphatic rings. The van der Waals surface area contributed by atoms with E-state index in [-0.39, 0.29) is 12.1 Å². The zero-order valence-electron chi connectivity index (χ0n) is 19.7. The van der Waals surface area contributed by atoms with Crippen LogP contribution in [-0.4, -0.2) is 74.5 Å². The second-order valence-corrected chi connectivity index (χ2v) is 8.11. The zero-order chi connectivity index (χ0) is 23.6. The Kier molecular flexibility index (Phi) is 9.09. The minimum atomic E-state index is -0.416. The Morgan fingerprint density at radius 1 is 1.09 bits per heavy atom. The lowest BCUT2D eigenvalue weighted by atomic mass is 10.1. The molecule has 0 bridgehead atoms. The van der Waals surface area contributed by atoms with E-state index >= 15 is 0 Å². The van der Waals surface area contributed by atoms with E-state index in [2.05, 4.69) is 17.1 Å². The van der Waals surface area contributed by atoms with Crippen molar-refractivity contribution in [3.8, 4) is 0 Å².